The third-order valence-corrected chi connectivity index (χ3v) is 3.30. The Kier molecular flexibility index (Phi) is 2.12. The van der Waals surface area contributed by atoms with E-state index in [9.17, 15) is 4.79 Å². The molecule has 1 amide bonds. The molecule has 1 aliphatic rings. The van der Waals surface area contributed by atoms with Crippen LogP contribution in [0.3, 0.4) is 0 Å². The van der Waals surface area contributed by atoms with E-state index in [-0.39, 0.29) is 11.9 Å². The number of rotatable bonds is 0. The van der Waals surface area contributed by atoms with E-state index in [1.165, 1.54) is 0 Å². The molecule has 0 bridgehead atoms. The predicted molar refractivity (Wildman–Crippen MR) is 54.1 cm³/mol. The number of carbonyl (C=O) groups is 1. The molecule has 1 aliphatic heterocycles. The lowest BCUT2D eigenvalue weighted by atomic mass is 10.2. The smallest absolute Gasteiger partial charge is 0.268 e. The second-order valence-electron chi connectivity index (χ2n) is 3.15. The van der Waals surface area contributed by atoms with Gasteiger partial charge in [0.2, 0.25) is 0 Å². The molecule has 0 radical (unpaired) electrons. The Morgan fingerprint density at radius 2 is 2.46 bits per heavy atom. The number of nitrogens with one attached hydrogen (secondary N) is 1. The fourth-order valence-corrected chi connectivity index (χ4v) is 2.12. The molecule has 0 aromatic carbocycles. The Hall–Kier alpha value is -0.480. The van der Waals surface area contributed by atoms with E-state index < -0.39 is 0 Å². The Morgan fingerprint density at radius 3 is 3.15 bits per heavy atom. The zero-order chi connectivity index (χ0) is 9.59. The summed E-state index contributed by atoms with van der Waals surface area (Å²) in [6, 6.07) is 1.88. The molecule has 0 aliphatic carbocycles. The highest BCUT2D eigenvalue weighted by atomic mass is 79.9. The lowest BCUT2D eigenvalue weighted by Gasteiger charge is -2.22. The molecule has 0 saturated heterocycles. The van der Waals surface area contributed by atoms with Gasteiger partial charge in [-0.25, -0.2) is 0 Å². The summed E-state index contributed by atoms with van der Waals surface area (Å²) in [6.45, 7) is 2.68. The van der Waals surface area contributed by atoms with E-state index in [1.54, 1.807) is 6.07 Å². The molecule has 1 aromatic rings. The van der Waals surface area contributed by atoms with Crippen LogP contribution in [-0.4, -0.2) is 16.5 Å². The molecule has 13 heavy (non-hydrogen) atoms. The first-order valence-corrected chi connectivity index (χ1v) is 5.12. The summed E-state index contributed by atoms with van der Waals surface area (Å²) in [5.74, 6) is -0.0636. The van der Waals surface area contributed by atoms with Crippen LogP contribution in [0.15, 0.2) is 10.5 Å². The van der Waals surface area contributed by atoms with Crippen molar-refractivity contribution in [2.75, 3.05) is 0 Å². The fraction of sp³-hybridized carbons (Fsp3) is 0.375. The maximum atomic E-state index is 11.5. The highest BCUT2D eigenvalue weighted by Gasteiger charge is 2.24. The van der Waals surface area contributed by atoms with Crippen LogP contribution in [-0.2, 0) is 6.54 Å². The molecule has 0 fully saturated rings. The molecule has 0 unspecified atom stereocenters. The number of hydrogen-bond acceptors (Lipinski definition) is 1. The van der Waals surface area contributed by atoms with Crippen LogP contribution in [0.5, 0.6) is 0 Å². The van der Waals surface area contributed by atoms with Crippen molar-refractivity contribution in [2.45, 2.75) is 19.5 Å². The van der Waals surface area contributed by atoms with Gasteiger partial charge < -0.3 is 9.88 Å². The number of nitrogens with zero attached hydrogens (tertiary/aromatic N) is 1. The van der Waals surface area contributed by atoms with Crippen molar-refractivity contribution >= 4 is 33.4 Å². The summed E-state index contributed by atoms with van der Waals surface area (Å²) in [7, 11) is 0. The maximum absolute atomic E-state index is 11.5. The predicted octanol–water partition coefficient (Wildman–Crippen LogP) is 2.04. The fourth-order valence-electron chi connectivity index (χ4n) is 1.48. The lowest BCUT2D eigenvalue weighted by Crippen LogP contribution is -2.42. The lowest BCUT2D eigenvalue weighted by molar-refractivity contribution is 0.0906. The van der Waals surface area contributed by atoms with E-state index in [0.717, 1.165) is 11.0 Å². The summed E-state index contributed by atoms with van der Waals surface area (Å²) in [6.07, 6.45) is 0. The molecule has 3 nitrogen and oxygen atoms in total. The number of fused-ring (bicyclic) bond motifs is 1. The maximum Gasteiger partial charge on any atom is 0.268 e. The van der Waals surface area contributed by atoms with Gasteiger partial charge in [0.25, 0.3) is 5.91 Å². The van der Waals surface area contributed by atoms with E-state index in [1.807, 2.05) is 11.5 Å². The largest absolute Gasteiger partial charge is 0.347 e. The zero-order valence-electron chi connectivity index (χ0n) is 6.97. The zero-order valence-corrected chi connectivity index (χ0v) is 9.32. The minimum absolute atomic E-state index is 0.0636. The van der Waals surface area contributed by atoms with E-state index in [2.05, 4.69) is 21.2 Å². The normalized spacial score (nSPS) is 21.2. The molecule has 1 atom stereocenters. The summed E-state index contributed by atoms with van der Waals surface area (Å²) >= 11 is 9.28. The summed E-state index contributed by atoms with van der Waals surface area (Å²) in [5.41, 5.74) is 0.620. The van der Waals surface area contributed by atoms with Gasteiger partial charge >= 0.3 is 0 Å². The Bertz CT molecular complexity index is 374. The first-order chi connectivity index (χ1) is 6.09. The van der Waals surface area contributed by atoms with Crippen molar-refractivity contribution in [3.63, 3.8) is 0 Å². The quantitative estimate of drug-likeness (QED) is 0.763. The summed E-state index contributed by atoms with van der Waals surface area (Å²) < 4.78 is 2.59. The topological polar surface area (TPSA) is 34.0 Å². The number of carbonyl (C=O) groups excluding carboxylic acids is 1. The molecular formula is C8H8BrClN2O. The second kappa shape index (κ2) is 3.03. The van der Waals surface area contributed by atoms with Gasteiger partial charge in [-0.1, -0.05) is 11.6 Å². The van der Waals surface area contributed by atoms with Crippen LogP contribution < -0.4 is 5.32 Å². The van der Waals surface area contributed by atoms with Crippen molar-refractivity contribution < 1.29 is 4.79 Å². The average molecular weight is 264 g/mol. The highest BCUT2D eigenvalue weighted by molar-refractivity contribution is 9.10. The SMILES string of the molecule is C[C@@H]1Cn2c(cc(Br)c2Cl)C(=O)N1. The van der Waals surface area contributed by atoms with Crippen LogP contribution >= 0.6 is 27.5 Å². The summed E-state index contributed by atoms with van der Waals surface area (Å²) in [4.78, 5) is 11.5. The van der Waals surface area contributed by atoms with Gasteiger partial charge in [-0.3, -0.25) is 4.79 Å². The highest BCUT2D eigenvalue weighted by Crippen LogP contribution is 2.28. The first-order valence-electron chi connectivity index (χ1n) is 3.95. The van der Waals surface area contributed by atoms with Crippen LogP contribution in [0.1, 0.15) is 17.4 Å². The van der Waals surface area contributed by atoms with Crippen molar-refractivity contribution in [3.8, 4) is 0 Å². The van der Waals surface area contributed by atoms with Crippen LogP contribution in [0.25, 0.3) is 0 Å². The number of aromatic nitrogens is 1. The van der Waals surface area contributed by atoms with E-state index >= 15 is 0 Å². The standard InChI is InChI=1S/C8H8BrClN2O/c1-4-3-12-6(8(13)11-4)2-5(9)7(12)10/h2,4H,3H2,1H3,(H,11,13)/t4-/m1/s1. The van der Waals surface area contributed by atoms with Crippen molar-refractivity contribution in [1.82, 2.24) is 9.88 Å². The van der Waals surface area contributed by atoms with Crippen molar-refractivity contribution in [2.24, 2.45) is 0 Å². The average Bonchev–Trinajstić information content (AvgIpc) is 2.32. The Morgan fingerprint density at radius 1 is 1.77 bits per heavy atom. The number of hydrogen-bond donors (Lipinski definition) is 1. The Labute approximate surface area is 89.2 Å². The van der Waals surface area contributed by atoms with Gasteiger partial charge in [-0.2, -0.15) is 0 Å². The second-order valence-corrected chi connectivity index (χ2v) is 4.37. The molecular weight excluding hydrogens is 255 g/mol. The molecule has 0 saturated carbocycles. The van der Waals surface area contributed by atoms with E-state index in [4.69, 9.17) is 11.6 Å². The van der Waals surface area contributed by atoms with Gasteiger partial charge in [0, 0.05) is 12.6 Å². The molecule has 2 heterocycles. The van der Waals surface area contributed by atoms with Gasteiger partial charge in [-0.05, 0) is 28.9 Å². The number of halogens is 2. The van der Waals surface area contributed by atoms with Crippen LogP contribution in [0, 0.1) is 0 Å². The Balaban J connectivity index is 2.55. The summed E-state index contributed by atoms with van der Waals surface area (Å²) in [5, 5.41) is 3.43. The monoisotopic (exact) mass is 262 g/mol. The molecule has 2 rings (SSSR count). The first kappa shape index (κ1) is 9.09. The molecule has 70 valence electrons. The van der Waals surface area contributed by atoms with Crippen LogP contribution in [0.4, 0.5) is 0 Å². The minimum atomic E-state index is -0.0636. The third kappa shape index (κ3) is 1.38. The third-order valence-electron chi connectivity index (χ3n) is 2.05. The molecule has 0 spiro atoms. The molecule has 1 N–H and O–H groups in total. The minimum Gasteiger partial charge on any atom is -0.347 e. The van der Waals surface area contributed by atoms with Crippen LogP contribution in [0.2, 0.25) is 5.15 Å². The van der Waals surface area contributed by atoms with Crippen molar-refractivity contribution in [3.05, 3.63) is 21.4 Å². The van der Waals surface area contributed by atoms with Gasteiger partial charge in [0.1, 0.15) is 10.8 Å². The molecule has 1 aromatic heterocycles. The molecule has 5 heteroatoms. The van der Waals surface area contributed by atoms with Gasteiger partial charge in [0.15, 0.2) is 0 Å². The van der Waals surface area contributed by atoms with Crippen molar-refractivity contribution in [1.29, 1.82) is 0 Å². The van der Waals surface area contributed by atoms with Gasteiger partial charge in [-0.15, -0.1) is 0 Å². The van der Waals surface area contributed by atoms with E-state index in [0.29, 0.717) is 10.8 Å². The number of amides is 1. The van der Waals surface area contributed by atoms with Gasteiger partial charge in [0.05, 0.1) is 4.47 Å².